The van der Waals surface area contributed by atoms with Crippen LogP contribution in [0.2, 0.25) is 0 Å². The van der Waals surface area contributed by atoms with Crippen molar-refractivity contribution < 1.29 is 8.42 Å². The van der Waals surface area contributed by atoms with Gasteiger partial charge in [-0.2, -0.15) is 0 Å². The SMILES string of the molecule is CCCNS(=O)(=O)c1cnc[nH]1. The second-order valence-corrected chi connectivity index (χ2v) is 4.05. The summed E-state index contributed by atoms with van der Waals surface area (Å²) in [5.74, 6) is 0. The lowest BCUT2D eigenvalue weighted by Crippen LogP contribution is -2.24. The summed E-state index contributed by atoms with van der Waals surface area (Å²) in [6, 6.07) is 0. The summed E-state index contributed by atoms with van der Waals surface area (Å²) in [4.78, 5) is 6.15. The summed E-state index contributed by atoms with van der Waals surface area (Å²) in [6.07, 6.45) is 3.38. The Labute approximate surface area is 71.3 Å². The Morgan fingerprint density at radius 3 is 2.92 bits per heavy atom. The van der Waals surface area contributed by atoms with Gasteiger partial charge in [-0.25, -0.2) is 18.1 Å². The van der Waals surface area contributed by atoms with E-state index in [4.69, 9.17) is 0 Å². The molecule has 0 fully saturated rings. The van der Waals surface area contributed by atoms with E-state index in [1.807, 2.05) is 6.92 Å². The molecule has 12 heavy (non-hydrogen) atoms. The number of sulfonamides is 1. The van der Waals surface area contributed by atoms with Gasteiger partial charge in [0.2, 0.25) is 0 Å². The van der Waals surface area contributed by atoms with Crippen molar-refractivity contribution in [3.05, 3.63) is 12.5 Å². The Bertz CT molecular complexity index is 317. The summed E-state index contributed by atoms with van der Waals surface area (Å²) in [7, 11) is -3.35. The molecule has 0 unspecified atom stereocenters. The van der Waals surface area contributed by atoms with Crippen LogP contribution in [0.1, 0.15) is 13.3 Å². The zero-order valence-electron chi connectivity index (χ0n) is 6.74. The molecular formula is C6H11N3O2S. The van der Waals surface area contributed by atoms with Crippen LogP contribution in [-0.2, 0) is 10.0 Å². The minimum Gasteiger partial charge on any atom is -0.335 e. The highest BCUT2D eigenvalue weighted by Gasteiger charge is 2.13. The van der Waals surface area contributed by atoms with Crippen LogP contribution in [0.4, 0.5) is 0 Å². The zero-order valence-corrected chi connectivity index (χ0v) is 7.56. The molecule has 0 radical (unpaired) electrons. The fraction of sp³-hybridized carbons (Fsp3) is 0.500. The number of imidazole rings is 1. The maximum Gasteiger partial charge on any atom is 0.257 e. The van der Waals surface area contributed by atoms with Crippen LogP contribution < -0.4 is 4.72 Å². The van der Waals surface area contributed by atoms with Crippen LogP contribution in [0.5, 0.6) is 0 Å². The van der Waals surface area contributed by atoms with Gasteiger partial charge >= 0.3 is 0 Å². The number of H-pyrrole nitrogens is 1. The van der Waals surface area contributed by atoms with E-state index in [1.54, 1.807) is 0 Å². The van der Waals surface area contributed by atoms with Crippen LogP contribution in [0, 0.1) is 0 Å². The first-order chi connectivity index (χ1) is 5.67. The maximum absolute atomic E-state index is 11.3. The predicted molar refractivity (Wildman–Crippen MR) is 44.1 cm³/mol. The van der Waals surface area contributed by atoms with Gasteiger partial charge in [0.1, 0.15) is 0 Å². The topological polar surface area (TPSA) is 74.8 Å². The van der Waals surface area contributed by atoms with Crippen LogP contribution in [0.25, 0.3) is 0 Å². The van der Waals surface area contributed by atoms with Crippen LogP contribution in [0.3, 0.4) is 0 Å². The highest BCUT2D eigenvalue weighted by Crippen LogP contribution is 2.00. The summed E-state index contributed by atoms with van der Waals surface area (Å²) in [5, 5.41) is 0.107. The number of hydrogen-bond acceptors (Lipinski definition) is 3. The molecule has 0 atom stereocenters. The van der Waals surface area contributed by atoms with Crippen molar-refractivity contribution in [3.63, 3.8) is 0 Å². The van der Waals surface area contributed by atoms with Gasteiger partial charge in [0.15, 0.2) is 5.03 Å². The number of rotatable bonds is 4. The first kappa shape index (κ1) is 9.21. The van der Waals surface area contributed by atoms with E-state index in [-0.39, 0.29) is 5.03 Å². The average Bonchev–Trinajstić information content (AvgIpc) is 2.53. The number of aromatic nitrogens is 2. The van der Waals surface area contributed by atoms with E-state index in [0.717, 1.165) is 6.42 Å². The molecule has 0 saturated carbocycles. The Hall–Kier alpha value is -0.880. The van der Waals surface area contributed by atoms with E-state index in [1.165, 1.54) is 12.5 Å². The molecule has 0 spiro atoms. The summed E-state index contributed by atoms with van der Waals surface area (Å²) < 4.78 is 25.0. The lowest BCUT2D eigenvalue weighted by atomic mass is 10.5. The Kier molecular flexibility index (Phi) is 2.83. The van der Waals surface area contributed by atoms with E-state index in [0.29, 0.717) is 6.54 Å². The van der Waals surface area contributed by atoms with Gasteiger partial charge in [0.05, 0.1) is 12.5 Å². The fourth-order valence-corrected chi connectivity index (χ4v) is 1.74. The van der Waals surface area contributed by atoms with Crippen molar-refractivity contribution in [3.8, 4) is 0 Å². The third-order valence-electron chi connectivity index (χ3n) is 1.30. The van der Waals surface area contributed by atoms with Crippen LogP contribution >= 0.6 is 0 Å². The molecule has 0 aliphatic rings. The third kappa shape index (κ3) is 2.05. The number of hydrogen-bond donors (Lipinski definition) is 2. The maximum atomic E-state index is 11.3. The van der Waals surface area contributed by atoms with Gasteiger partial charge in [0, 0.05) is 6.54 Å². The first-order valence-electron chi connectivity index (χ1n) is 3.65. The fourth-order valence-electron chi connectivity index (χ4n) is 0.704. The molecule has 1 heterocycles. The van der Waals surface area contributed by atoms with Crippen molar-refractivity contribution >= 4 is 10.0 Å². The summed E-state index contributed by atoms with van der Waals surface area (Å²) in [6.45, 7) is 2.34. The lowest BCUT2D eigenvalue weighted by molar-refractivity contribution is 0.577. The second-order valence-electron chi connectivity index (χ2n) is 2.31. The largest absolute Gasteiger partial charge is 0.335 e. The van der Waals surface area contributed by atoms with Crippen molar-refractivity contribution in [1.29, 1.82) is 0 Å². The molecule has 0 saturated heterocycles. The van der Waals surface area contributed by atoms with Gasteiger partial charge < -0.3 is 4.98 Å². The van der Waals surface area contributed by atoms with Gasteiger partial charge in [-0.1, -0.05) is 6.92 Å². The Morgan fingerprint density at radius 1 is 1.67 bits per heavy atom. The quantitative estimate of drug-likeness (QED) is 0.705. The highest BCUT2D eigenvalue weighted by molar-refractivity contribution is 7.89. The average molecular weight is 189 g/mol. The number of aromatic amines is 1. The molecule has 1 aromatic rings. The van der Waals surface area contributed by atoms with Crippen molar-refractivity contribution in [2.24, 2.45) is 0 Å². The molecule has 0 aliphatic heterocycles. The van der Waals surface area contributed by atoms with Crippen molar-refractivity contribution in [2.75, 3.05) is 6.54 Å². The molecule has 1 aromatic heterocycles. The molecule has 68 valence electrons. The smallest absolute Gasteiger partial charge is 0.257 e. The van der Waals surface area contributed by atoms with Gasteiger partial charge in [0.25, 0.3) is 10.0 Å². The van der Waals surface area contributed by atoms with Gasteiger partial charge in [-0.3, -0.25) is 0 Å². The van der Waals surface area contributed by atoms with Crippen LogP contribution in [0.15, 0.2) is 17.6 Å². The molecule has 6 heteroatoms. The highest BCUT2D eigenvalue weighted by atomic mass is 32.2. The standard InChI is InChI=1S/C6H11N3O2S/c1-2-3-9-12(10,11)6-4-7-5-8-6/h4-5,9H,2-3H2,1H3,(H,7,8). The van der Waals surface area contributed by atoms with Crippen LogP contribution in [-0.4, -0.2) is 24.9 Å². The third-order valence-corrected chi connectivity index (χ3v) is 2.69. The van der Waals surface area contributed by atoms with E-state index in [9.17, 15) is 8.42 Å². The molecular weight excluding hydrogens is 178 g/mol. The predicted octanol–water partition coefficient (Wildman–Crippen LogP) is 0.0980. The van der Waals surface area contributed by atoms with E-state index in [2.05, 4.69) is 14.7 Å². The molecule has 0 bridgehead atoms. The normalized spacial score (nSPS) is 11.8. The molecule has 1 rings (SSSR count). The molecule has 2 N–H and O–H groups in total. The van der Waals surface area contributed by atoms with Gasteiger partial charge in [-0.15, -0.1) is 0 Å². The molecule has 5 nitrogen and oxygen atoms in total. The van der Waals surface area contributed by atoms with Crippen molar-refractivity contribution in [1.82, 2.24) is 14.7 Å². The number of nitrogens with one attached hydrogen (secondary N) is 2. The lowest BCUT2D eigenvalue weighted by Gasteiger charge is -2.00. The zero-order chi connectivity index (χ0) is 9.03. The van der Waals surface area contributed by atoms with Gasteiger partial charge in [-0.05, 0) is 6.42 Å². The summed E-state index contributed by atoms with van der Waals surface area (Å²) in [5.41, 5.74) is 0. The molecule has 0 aliphatic carbocycles. The molecule has 0 aromatic carbocycles. The molecule has 0 amide bonds. The monoisotopic (exact) mass is 189 g/mol. The minimum absolute atomic E-state index is 0.107. The Morgan fingerprint density at radius 2 is 2.42 bits per heavy atom. The second kappa shape index (κ2) is 3.68. The summed E-state index contributed by atoms with van der Waals surface area (Å²) >= 11 is 0. The van der Waals surface area contributed by atoms with E-state index < -0.39 is 10.0 Å². The first-order valence-corrected chi connectivity index (χ1v) is 5.13. The minimum atomic E-state index is -3.35. The Balaban J connectivity index is 2.74. The number of nitrogens with zero attached hydrogens (tertiary/aromatic N) is 1. The van der Waals surface area contributed by atoms with E-state index >= 15 is 0 Å². The van der Waals surface area contributed by atoms with Crippen molar-refractivity contribution in [2.45, 2.75) is 18.4 Å².